The zero-order chi connectivity index (χ0) is 14.8. The molecule has 106 valence electrons. The Morgan fingerprint density at radius 1 is 1.24 bits per heavy atom. The van der Waals surface area contributed by atoms with Crippen LogP contribution in [-0.2, 0) is 0 Å². The highest BCUT2D eigenvalue weighted by Crippen LogP contribution is 2.26. The zero-order valence-corrected chi connectivity index (χ0v) is 11.6. The highest BCUT2D eigenvalue weighted by atomic mass is 16.5. The molecule has 0 saturated heterocycles. The molecule has 1 amide bonds. The van der Waals surface area contributed by atoms with Gasteiger partial charge in [-0.25, -0.2) is 4.98 Å². The number of hydrogen-bond acceptors (Lipinski definition) is 5. The molecule has 3 rings (SSSR count). The number of nitrogens with one attached hydrogen (secondary N) is 1. The number of anilines is 1. The summed E-state index contributed by atoms with van der Waals surface area (Å²) in [6.07, 6.45) is 1.25. The number of oxazole rings is 1. The molecular formula is C15H13N3O3. The van der Waals surface area contributed by atoms with Gasteiger partial charge in [0.15, 0.2) is 23.7 Å². The number of rotatable bonds is 3. The van der Waals surface area contributed by atoms with E-state index >= 15 is 0 Å². The van der Waals surface area contributed by atoms with Crippen molar-refractivity contribution in [3.63, 3.8) is 0 Å². The van der Waals surface area contributed by atoms with Crippen LogP contribution in [-0.4, -0.2) is 16.0 Å². The van der Waals surface area contributed by atoms with Gasteiger partial charge in [0.2, 0.25) is 0 Å². The lowest BCUT2D eigenvalue weighted by molar-refractivity contribution is 0.102. The highest BCUT2D eigenvalue weighted by Gasteiger charge is 2.20. The second-order valence-corrected chi connectivity index (χ2v) is 4.62. The minimum absolute atomic E-state index is 0.213. The molecule has 0 saturated carbocycles. The van der Waals surface area contributed by atoms with E-state index in [1.54, 1.807) is 13.0 Å². The van der Waals surface area contributed by atoms with Gasteiger partial charge in [0.1, 0.15) is 5.76 Å². The van der Waals surface area contributed by atoms with E-state index < -0.39 is 5.91 Å². The Kier molecular flexibility index (Phi) is 3.27. The van der Waals surface area contributed by atoms with Gasteiger partial charge in [-0.3, -0.25) is 4.79 Å². The summed E-state index contributed by atoms with van der Waals surface area (Å²) in [6, 6.07) is 9.26. The standard InChI is InChI=1S/C15H13N3O3/c1-9-5-3-4-6-11(9)14-13(16-8-20-14)15(19)17-12-7-10(2)21-18-12/h3-8H,1-2H3,(H,17,18,19). The highest BCUT2D eigenvalue weighted by molar-refractivity contribution is 6.06. The van der Waals surface area contributed by atoms with Crippen LogP contribution in [0.15, 0.2) is 45.7 Å². The molecule has 0 aliphatic carbocycles. The molecule has 0 radical (unpaired) electrons. The Labute approximate surface area is 120 Å². The van der Waals surface area contributed by atoms with E-state index in [-0.39, 0.29) is 5.69 Å². The van der Waals surface area contributed by atoms with Gasteiger partial charge >= 0.3 is 0 Å². The molecule has 6 heteroatoms. The molecule has 0 atom stereocenters. The molecule has 0 aliphatic heterocycles. The molecule has 0 spiro atoms. The van der Waals surface area contributed by atoms with Crippen LogP contribution in [0.2, 0.25) is 0 Å². The first-order chi connectivity index (χ1) is 10.1. The SMILES string of the molecule is Cc1cc(NC(=O)c2ncoc2-c2ccccc2C)no1. The molecule has 0 fully saturated rings. The normalized spacial score (nSPS) is 10.6. The number of carbonyl (C=O) groups is 1. The molecule has 21 heavy (non-hydrogen) atoms. The summed E-state index contributed by atoms with van der Waals surface area (Å²) in [7, 11) is 0. The van der Waals surface area contributed by atoms with Crippen molar-refractivity contribution in [2.75, 3.05) is 5.32 Å². The summed E-state index contributed by atoms with van der Waals surface area (Å²) >= 11 is 0. The Balaban J connectivity index is 1.92. The van der Waals surface area contributed by atoms with Gasteiger partial charge in [-0.05, 0) is 19.4 Å². The fraction of sp³-hybridized carbons (Fsp3) is 0.133. The van der Waals surface area contributed by atoms with Crippen molar-refractivity contribution in [1.82, 2.24) is 10.1 Å². The first-order valence-corrected chi connectivity index (χ1v) is 6.39. The van der Waals surface area contributed by atoms with Crippen LogP contribution in [0.4, 0.5) is 5.82 Å². The largest absolute Gasteiger partial charge is 0.443 e. The maximum Gasteiger partial charge on any atom is 0.279 e. The van der Waals surface area contributed by atoms with Gasteiger partial charge in [0, 0.05) is 11.6 Å². The van der Waals surface area contributed by atoms with Crippen LogP contribution in [0.3, 0.4) is 0 Å². The molecular weight excluding hydrogens is 270 g/mol. The minimum atomic E-state index is -0.393. The van der Waals surface area contributed by atoms with Crippen molar-refractivity contribution in [2.24, 2.45) is 0 Å². The van der Waals surface area contributed by atoms with Crippen molar-refractivity contribution in [3.8, 4) is 11.3 Å². The van der Waals surface area contributed by atoms with Gasteiger partial charge in [-0.2, -0.15) is 0 Å². The monoisotopic (exact) mass is 283 g/mol. The Morgan fingerprint density at radius 3 is 2.76 bits per heavy atom. The maximum absolute atomic E-state index is 12.3. The second kappa shape index (κ2) is 5.24. The molecule has 1 aromatic carbocycles. The summed E-state index contributed by atoms with van der Waals surface area (Å²) in [5, 5.41) is 6.35. The Morgan fingerprint density at radius 2 is 2.05 bits per heavy atom. The summed E-state index contributed by atoms with van der Waals surface area (Å²) in [6.45, 7) is 3.69. The van der Waals surface area contributed by atoms with Crippen molar-refractivity contribution >= 4 is 11.7 Å². The maximum atomic E-state index is 12.3. The average Bonchev–Trinajstić information content (AvgIpc) is 3.08. The van der Waals surface area contributed by atoms with E-state index in [1.807, 2.05) is 31.2 Å². The quantitative estimate of drug-likeness (QED) is 0.798. The molecule has 6 nitrogen and oxygen atoms in total. The smallest absolute Gasteiger partial charge is 0.279 e. The van der Waals surface area contributed by atoms with Crippen molar-refractivity contribution in [3.05, 3.63) is 53.7 Å². The summed E-state index contributed by atoms with van der Waals surface area (Å²) in [4.78, 5) is 16.3. The predicted octanol–water partition coefficient (Wildman–Crippen LogP) is 3.20. The first kappa shape index (κ1) is 13.1. The zero-order valence-electron chi connectivity index (χ0n) is 11.6. The molecule has 2 aromatic heterocycles. The van der Waals surface area contributed by atoms with E-state index in [2.05, 4.69) is 15.5 Å². The topological polar surface area (TPSA) is 81.2 Å². The van der Waals surface area contributed by atoms with E-state index in [0.29, 0.717) is 17.3 Å². The summed E-state index contributed by atoms with van der Waals surface area (Å²) < 4.78 is 10.3. The third kappa shape index (κ3) is 2.55. The fourth-order valence-electron chi connectivity index (χ4n) is 2.03. The molecule has 2 heterocycles. The Hall–Kier alpha value is -2.89. The number of hydrogen-bond donors (Lipinski definition) is 1. The molecule has 3 aromatic rings. The van der Waals surface area contributed by atoms with Crippen LogP contribution in [0.25, 0.3) is 11.3 Å². The van der Waals surface area contributed by atoms with Gasteiger partial charge in [0.25, 0.3) is 5.91 Å². The van der Waals surface area contributed by atoms with Crippen LogP contribution < -0.4 is 5.32 Å². The van der Waals surface area contributed by atoms with Crippen LogP contribution in [0.5, 0.6) is 0 Å². The van der Waals surface area contributed by atoms with E-state index in [4.69, 9.17) is 8.94 Å². The molecule has 0 aliphatic rings. The average molecular weight is 283 g/mol. The summed E-state index contributed by atoms with van der Waals surface area (Å²) in [5.41, 5.74) is 2.04. The van der Waals surface area contributed by atoms with Crippen LogP contribution in [0.1, 0.15) is 21.8 Å². The number of carbonyl (C=O) groups excluding carboxylic acids is 1. The third-order valence-corrected chi connectivity index (χ3v) is 3.04. The van der Waals surface area contributed by atoms with Crippen LogP contribution >= 0.6 is 0 Å². The lowest BCUT2D eigenvalue weighted by Crippen LogP contribution is -2.13. The summed E-state index contributed by atoms with van der Waals surface area (Å²) in [5.74, 6) is 1.00. The number of amides is 1. The number of aryl methyl sites for hydroxylation is 2. The van der Waals surface area contributed by atoms with Gasteiger partial charge in [0.05, 0.1) is 0 Å². The van der Waals surface area contributed by atoms with Gasteiger partial charge in [-0.15, -0.1) is 0 Å². The molecule has 0 bridgehead atoms. The lowest BCUT2D eigenvalue weighted by Gasteiger charge is -2.04. The van der Waals surface area contributed by atoms with Gasteiger partial charge < -0.3 is 14.3 Å². The first-order valence-electron chi connectivity index (χ1n) is 6.39. The van der Waals surface area contributed by atoms with Crippen molar-refractivity contribution in [1.29, 1.82) is 0 Å². The number of benzene rings is 1. The van der Waals surface area contributed by atoms with Crippen molar-refractivity contribution in [2.45, 2.75) is 13.8 Å². The molecule has 0 unspecified atom stereocenters. The van der Waals surface area contributed by atoms with E-state index in [9.17, 15) is 4.79 Å². The number of nitrogens with zero attached hydrogens (tertiary/aromatic N) is 2. The lowest BCUT2D eigenvalue weighted by atomic mass is 10.1. The second-order valence-electron chi connectivity index (χ2n) is 4.62. The van der Waals surface area contributed by atoms with E-state index in [1.165, 1.54) is 6.39 Å². The van der Waals surface area contributed by atoms with Gasteiger partial charge in [-0.1, -0.05) is 29.4 Å². The van der Waals surface area contributed by atoms with Crippen molar-refractivity contribution < 1.29 is 13.7 Å². The minimum Gasteiger partial charge on any atom is -0.443 e. The number of aromatic nitrogens is 2. The predicted molar refractivity (Wildman–Crippen MR) is 75.9 cm³/mol. The van der Waals surface area contributed by atoms with Crippen LogP contribution in [0, 0.1) is 13.8 Å². The van der Waals surface area contributed by atoms with E-state index in [0.717, 1.165) is 11.1 Å². The third-order valence-electron chi connectivity index (χ3n) is 3.04. The molecule has 1 N–H and O–H groups in total. The fourth-order valence-corrected chi connectivity index (χ4v) is 2.03. The Bertz CT molecular complexity index is 789.